The highest BCUT2D eigenvalue weighted by Crippen LogP contribution is 2.34. The summed E-state index contributed by atoms with van der Waals surface area (Å²) in [6.07, 6.45) is 1.25. The standard InChI is InChI=1S/C23H23F3N4O2S2/c1-3-11-34(27,32)21-14(2)28-22(33-21)30-10-4-9-29(23(30)31)17-7-5-15(6-8-17)18-12-16(24)13-19(25)20(18)26/h5-8,12-13,27H,3-4,9-11H2,1-2H3. The molecule has 11 heteroatoms. The fraction of sp³-hybridized carbons (Fsp3) is 0.304. The minimum Gasteiger partial charge on any atom is -0.294 e. The first-order chi connectivity index (χ1) is 16.1. The van der Waals surface area contributed by atoms with Crippen LogP contribution in [0.1, 0.15) is 25.5 Å². The Kier molecular flexibility index (Phi) is 6.68. The van der Waals surface area contributed by atoms with Gasteiger partial charge in [0.05, 0.1) is 15.4 Å². The molecule has 1 unspecified atom stereocenters. The maximum absolute atomic E-state index is 14.1. The monoisotopic (exact) mass is 508 g/mol. The number of hydrogen-bond acceptors (Lipinski definition) is 5. The minimum atomic E-state index is -2.96. The Hall–Kier alpha value is -2.92. The Morgan fingerprint density at radius 2 is 1.79 bits per heavy atom. The molecule has 180 valence electrons. The van der Waals surface area contributed by atoms with Crippen molar-refractivity contribution < 1.29 is 22.2 Å². The molecule has 3 aromatic rings. The maximum Gasteiger partial charge on any atom is 0.330 e. The van der Waals surface area contributed by atoms with Crippen molar-refractivity contribution in [1.29, 1.82) is 4.78 Å². The summed E-state index contributed by atoms with van der Waals surface area (Å²) >= 11 is 1.11. The first kappa shape index (κ1) is 24.2. The fourth-order valence-corrected chi connectivity index (χ4v) is 7.01. The zero-order valence-electron chi connectivity index (χ0n) is 18.6. The van der Waals surface area contributed by atoms with E-state index in [1.165, 1.54) is 21.9 Å². The number of carbonyl (C=O) groups excluding carboxylic acids is 1. The Labute approximate surface area is 200 Å². The fourth-order valence-electron chi connectivity index (χ4n) is 3.90. The summed E-state index contributed by atoms with van der Waals surface area (Å²) in [5.74, 6) is -3.06. The van der Waals surface area contributed by atoms with E-state index in [4.69, 9.17) is 4.78 Å². The van der Waals surface area contributed by atoms with Crippen molar-refractivity contribution in [1.82, 2.24) is 4.98 Å². The predicted molar refractivity (Wildman–Crippen MR) is 128 cm³/mol. The Balaban J connectivity index is 1.60. The summed E-state index contributed by atoms with van der Waals surface area (Å²) in [6.45, 7) is 4.43. The highest BCUT2D eigenvalue weighted by atomic mass is 32.2. The van der Waals surface area contributed by atoms with Gasteiger partial charge in [0.1, 0.15) is 10.0 Å². The molecule has 2 aromatic carbocycles. The maximum atomic E-state index is 14.1. The lowest BCUT2D eigenvalue weighted by Crippen LogP contribution is -2.49. The van der Waals surface area contributed by atoms with E-state index in [9.17, 15) is 22.2 Å². The van der Waals surface area contributed by atoms with Crippen LogP contribution >= 0.6 is 11.3 Å². The zero-order valence-corrected chi connectivity index (χ0v) is 20.2. The van der Waals surface area contributed by atoms with Crippen molar-refractivity contribution in [3.05, 3.63) is 59.5 Å². The average Bonchev–Trinajstić information content (AvgIpc) is 3.19. The van der Waals surface area contributed by atoms with E-state index in [0.29, 0.717) is 52.7 Å². The van der Waals surface area contributed by atoms with E-state index >= 15 is 0 Å². The number of aromatic nitrogens is 1. The molecule has 2 heterocycles. The second kappa shape index (κ2) is 9.38. The van der Waals surface area contributed by atoms with Crippen molar-refractivity contribution in [2.75, 3.05) is 28.6 Å². The lowest BCUT2D eigenvalue weighted by atomic mass is 10.0. The third kappa shape index (κ3) is 4.54. The molecule has 1 aromatic heterocycles. The van der Waals surface area contributed by atoms with Gasteiger partial charge in [-0.2, -0.15) is 0 Å². The zero-order chi connectivity index (χ0) is 24.6. The summed E-state index contributed by atoms with van der Waals surface area (Å²) in [7, 11) is -2.96. The van der Waals surface area contributed by atoms with Crippen LogP contribution < -0.4 is 9.80 Å². The number of aryl methyl sites for hydroxylation is 1. The van der Waals surface area contributed by atoms with Crippen molar-refractivity contribution in [2.45, 2.75) is 30.9 Å². The number of carbonyl (C=O) groups is 1. The highest BCUT2D eigenvalue weighted by Gasteiger charge is 2.31. The van der Waals surface area contributed by atoms with Crippen LogP contribution in [0.25, 0.3) is 11.1 Å². The second-order valence-corrected chi connectivity index (χ2v) is 11.4. The number of benzene rings is 2. The van der Waals surface area contributed by atoms with Crippen LogP contribution in [0, 0.1) is 29.2 Å². The molecule has 0 bridgehead atoms. The van der Waals surface area contributed by atoms with E-state index < -0.39 is 27.2 Å². The van der Waals surface area contributed by atoms with Gasteiger partial charge < -0.3 is 0 Å². The molecule has 0 spiro atoms. The third-order valence-corrected chi connectivity index (χ3v) is 9.38. The molecule has 1 N–H and O–H groups in total. The van der Waals surface area contributed by atoms with Crippen molar-refractivity contribution in [2.24, 2.45) is 0 Å². The lowest BCUT2D eigenvalue weighted by Gasteiger charge is -2.34. The van der Waals surface area contributed by atoms with Gasteiger partial charge in [0.15, 0.2) is 16.8 Å². The summed E-state index contributed by atoms with van der Waals surface area (Å²) in [5, 5.41) is 0.396. The van der Waals surface area contributed by atoms with Gasteiger partial charge >= 0.3 is 6.03 Å². The first-order valence-electron chi connectivity index (χ1n) is 10.7. The van der Waals surface area contributed by atoms with Gasteiger partial charge in [-0.3, -0.25) is 9.80 Å². The Bertz CT molecular complexity index is 1340. The number of nitrogens with one attached hydrogen (secondary N) is 1. The number of rotatable bonds is 6. The van der Waals surface area contributed by atoms with E-state index in [1.54, 1.807) is 19.1 Å². The number of anilines is 2. The minimum absolute atomic E-state index is 0.201. The van der Waals surface area contributed by atoms with Crippen LogP contribution in [0.3, 0.4) is 0 Å². The number of amides is 2. The highest BCUT2D eigenvalue weighted by molar-refractivity contribution is 7.94. The largest absolute Gasteiger partial charge is 0.330 e. The average molecular weight is 509 g/mol. The van der Waals surface area contributed by atoms with Gasteiger partial charge in [0, 0.05) is 36.2 Å². The van der Waals surface area contributed by atoms with Gasteiger partial charge in [-0.15, -0.1) is 0 Å². The van der Waals surface area contributed by atoms with Crippen LogP contribution in [0.4, 0.5) is 28.8 Å². The molecular formula is C23H23F3N4O2S2. The molecule has 34 heavy (non-hydrogen) atoms. The molecule has 0 radical (unpaired) electrons. The summed E-state index contributed by atoms with van der Waals surface area (Å²) in [4.78, 5) is 20.7. The second-order valence-electron chi connectivity index (χ2n) is 7.98. The van der Waals surface area contributed by atoms with Crippen LogP contribution in [0.5, 0.6) is 0 Å². The molecule has 6 nitrogen and oxygen atoms in total. The smallest absolute Gasteiger partial charge is 0.294 e. The van der Waals surface area contributed by atoms with E-state index in [-0.39, 0.29) is 22.9 Å². The molecule has 0 saturated carbocycles. The molecule has 1 saturated heterocycles. The number of hydrogen-bond donors (Lipinski definition) is 1. The predicted octanol–water partition coefficient (Wildman–Crippen LogP) is 6.19. The lowest BCUT2D eigenvalue weighted by molar-refractivity contribution is 0.248. The normalized spacial score (nSPS) is 16.1. The molecule has 1 aliphatic rings. The molecule has 1 atom stereocenters. The van der Waals surface area contributed by atoms with Crippen molar-refractivity contribution in [3.63, 3.8) is 0 Å². The van der Waals surface area contributed by atoms with Gasteiger partial charge in [0.25, 0.3) is 0 Å². The molecular weight excluding hydrogens is 485 g/mol. The van der Waals surface area contributed by atoms with Crippen LogP contribution in [-0.2, 0) is 9.73 Å². The van der Waals surface area contributed by atoms with E-state index in [0.717, 1.165) is 17.4 Å². The van der Waals surface area contributed by atoms with E-state index in [2.05, 4.69) is 4.98 Å². The summed E-state index contributed by atoms with van der Waals surface area (Å²) in [5.41, 5.74) is 1.11. The van der Waals surface area contributed by atoms with Gasteiger partial charge in [0.2, 0.25) is 0 Å². The summed E-state index contributed by atoms with van der Waals surface area (Å²) in [6, 6.07) is 7.28. The molecule has 1 aliphatic heterocycles. The van der Waals surface area contributed by atoms with E-state index in [1.807, 2.05) is 6.92 Å². The Morgan fingerprint density at radius 3 is 2.47 bits per heavy atom. The first-order valence-corrected chi connectivity index (χ1v) is 13.2. The quantitative estimate of drug-likeness (QED) is 0.404. The van der Waals surface area contributed by atoms with Crippen LogP contribution in [-0.4, -0.2) is 34.1 Å². The number of thiazole rings is 1. The molecule has 1 fully saturated rings. The Morgan fingerprint density at radius 1 is 1.12 bits per heavy atom. The van der Waals surface area contributed by atoms with Crippen molar-refractivity contribution >= 4 is 37.9 Å². The van der Waals surface area contributed by atoms with Gasteiger partial charge in [-0.05, 0) is 43.5 Å². The van der Waals surface area contributed by atoms with Crippen LogP contribution in [0.15, 0.2) is 40.6 Å². The molecule has 4 rings (SSSR count). The number of nitrogens with zero attached hydrogens (tertiary/aromatic N) is 3. The van der Waals surface area contributed by atoms with Crippen molar-refractivity contribution in [3.8, 4) is 11.1 Å². The number of urea groups is 1. The number of halogens is 3. The third-order valence-electron chi connectivity index (χ3n) is 5.47. The van der Waals surface area contributed by atoms with Crippen LogP contribution in [0.2, 0.25) is 0 Å². The molecule has 0 aliphatic carbocycles. The molecule has 2 amide bonds. The van der Waals surface area contributed by atoms with Gasteiger partial charge in [-0.25, -0.2) is 31.9 Å². The topological polar surface area (TPSA) is 77.4 Å². The van der Waals surface area contributed by atoms with Gasteiger partial charge in [-0.1, -0.05) is 30.4 Å². The summed E-state index contributed by atoms with van der Waals surface area (Å²) < 4.78 is 62.6. The SMILES string of the molecule is CCCS(=N)(=O)c1sc(N2CCCN(c3ccc(-c4cc(F)cc(F)c4F)cc3)C2=O)nc1C.